The molecule has 1 amide bonds. The van der Waals surface area contributed by atoms with Gasteiger partial charge in [0.25, 0.3) is 0 Å². The van der Waals surface area contributed by atoms with Gasteiger partial charge in [0.05, 0.1) is 23.9 Å². The van der Waals surface area contributed by atoms with Crippen LogP contribution in [0.4, 0.5) is 5.69 Å². The fraction of sp³-hybridized carbons (Fsp3) is 0.577. The summed E-state index contributed by atoms with van der Waals surface area (Å²) in [7, 11) is -4.67. The number of ether oxygens (including phenoxy) is 3. The summed E-state index contributed by atoms with van der Waals surface area (Å²) in [5.74, 6) is -0.649. The molecule has 2 fully saturated rings. The van der Waals surface area contributed by atoms with Crippen LogP contribution in [0.1, 0.15) is 0 Å². The van der Waals surface area contributed by atoms with Crippen LogP contribution in [-0.4, -0.2) is 147 Å². The maximum Gasteiger partial charge on any atom is 1.00 e. The van der Waals surface area contributed by atoms with Crippen molar-refractivity contribution in [3.05, 3.63) is 36.4 Å². The Morgan fingerprint density at radius 2 is 1.53 bits per heavy atom. The van der Waals surface area contributed by atoms with E-state index in [1.807, 2.05) is 0 Å². The molecule has 2 aromatic rings. The van der Waals surface area contributed by atoms with Crippen molar-refractivity contribution >= 4 is 44.2 Å². The number of benzene rings is 2. The maximum absolute atomic E-state index is 12.4. The predicted molar refractivity (Wildman–Crippen MR) is 152 cm³/mol. The van der Waals surface area contributed by atoms with Gasteiger partial charge in [-0.25, -0.2) is 8.42 Å². The Morgan fingerprint density at radius 3 is 2.20 bits per heavy atom. The normalized spacial score (nSPS) is 32.1. The van der Waals surface area contributed by atoms with Crippen molar-refractivity contribution in [3.8, 4) is 0 Å². The minimum Gasteiger partial charge on any atom is -0.744 e. The standard InChI is InChI=1S/C26H36N2O14S2.Na/c29-9-15-19(32)20(33)22(35)25(40-15)42-24-16(10-30)41-26(23(36)21(24)34)43-11-18(31)28-8-7-27-14-5-1-4-13-12(14)3-2-6-17(13)44(37,38)39;/h1-6,15-16,19-27,29-30,32-36H,7-11H2,(H,28,31)(H,37,38,39);/q;+1/p-1/t15-,16-,19-,20+,21-,22-,23-,24-,25+,26+;/m1./s1. The van der Waals surface area contributed by atoms with Gasteiger partial charge in [-0.05, 0) is 12.1 Å². The van der Waals surface area contributed by atoms with E-state index < -0.39 is 89.8 Å². The Hall–Kier alpha value is -1.17. The fourth-order valence-electron chi connectivity index (χ4n) is 4.95. The molecule has 0 saturated carbocycles. The van der Waals surface area contributed by atoms with Crippen molar-refractivity contribution in [1.29, 1.82) is 0 Å². The average molecular weight is 687 g/mol. The van der Waals surface area contributed by atoms with Crippen LogP contribution in [0.2, 0.25) is 0 Å². The van der Waals surface area contributed by atoms with Crippen molar-refractivity contribution in [2.45, 2.75) is 65.5 Å². The molecule has 2 aliphatic rings. The zero-order chi connectivity index (χ0) is 32.2. The van der Waals surface area contributed by atoms with E-state index in [0.29, 0.717) is 11.1 Å². The molecule has 2 saturated heterocycles. The minimum absolute atomic E-state index is 0. The van der Waals surface area contributed by atoms with E-state index in [9.17, 15) is 53.5 Å². The van der Waals surface area contributed by atoms with Crippen LogP contribution < -0.4 is 40.2 Å². The molecule has 0 spiro atoms. The third kappa shape index (κ3) is 9.05. The molecule has 0 radical (unpaired) electrons. The first kappa shape index (κ1) is 38.3. The molecule has 16 nitrogen and oxygen atoms in total. The third-order valence-electron chi connectivity index (χ3n) is 7.25. The van der Waals surface area contributed by atoms with Gasteiger partial charge >= 0.3 is 29.6 Å². The number of hydrogen-bond donors (Lipinski definition) is 9. The molecular weight excluding hydrogens is 651 g/mol. The number of carbonyl (C=O) groups excluding carboxylic acids is 1. The summed E-state index contributed by atoms with van der Waals surface area (Å²) in [6, 6.07) is 9.16. The van der Waals surface area contributed by atoms with E-state index in [0.717, 1.165) is 11.8 Å². The van der Waals surface area contributed by atoms with Crippen molar-refractivity contribution < 1.29 is 97.3 Å². The summed E-state index contributed by atoms with van der Waals surface area (Å²) in [6.07, 6.45) is -14.1. The first-order valence-corrected chi connectivity index (χ1v) is 16.0. The van der Waals surface area contributed by atoms with Crippen LogP contribution in [-0.2, 0) is 29.1 Å². The molecule has 2 heterocycles. The summed E-state index contributed by atoms with van der Waals surface area (Å²) in [5.41, 5.74) is -0.609. The molecule has 2 aliphatic heterocycles. The number of hydrogen-bond acceptors (Lipinski definition) is 16. The predicted octanol–water partition coefficient (Wildman–Crippen LogP) is -6.37. The maximum atomic E-state index is 12.4. The first-order chi connectivity index (χ1) is 20.9. The molecule has 10 atom stereocenters. The molecule has 0 aliphatic carbocycles. The molecule has 9 N–H and O–H groups in total. The fourth-order valence-corrected chi connectivity index (χ4v) is 6.64. The molecule has 0 unspecified atom stereocenters. The van der Waals surface area contributed by atoms with Crippen molar-refractivity contribution in [2.75, 3.05) is 37.4 Å². The van der Waals surface area contributed by atoms with E-state index in [2.05, 4.69) is 10.6 Å². The van der Waals surface area contributed by atoms with Gasteiger partial charge in [0.1, 0.15) is 64.4 Å². The Bertz CT molecular complexity index is 1390. The monoisotopic (exact) mass is 686 g/mol. The molecule has 0 aromatic heterocycles. The van der Waals surface area contributed by atoms with Crippen molar-refractivity contribution in [2.24, 2.45) is 0 Å². The number of fused-ring (bicyclic) bond motifs is 1. The van der Waals surface area contributed by atoms with E-state index in [-0.39, 0.29) is 58.7 Å². The van der Waals surface area contributed by atoms with E-state index in [1.54, 1.807) is 18.2 Å². The van der Waals surface area contributed by atoms with E-state index in [4.69, 9.17) is 14.2 Å². The van der Waals surface area contributed by atoms with Crippen LogP contribution in [0.3, 0.4) is 0 Å². The van der Waals surface area contributed by atoms with Gasteiger partial charge in [-0.2, -0.15) is 0 Å². The summed E-state index contributed by atoms with van der Waals surface area (Å²) >= 11 is 0.845. The molecular formula is C26H35N2NaO14S2. The summed E-state index contributed by atoms with van der Waals surface area (Å²) in [6.45, 7) is -1.01. The molecule has 2 aromatic carbocycles. The number of aliphatic hydroxyl groups excluding tert-OH is 7. The summed E-state index contributed by atoms with van der Waals surface area (Å²) in [4.78, 5) is 12.1. The third-order valence-corrected chi connectivity index (χ3v) is 9.30. The Morgan fingerprint density at radius 1 is 0.867 bits per heavy atom. The Kier molecular flexibility index (Phi) is 14.3. The van der Waals surface area contributed by atoms with Crippen LogP contribution in [0.15, 0.2) is 41.3 Å². The smallest absolute Gasteiger partial charge is 0.744 e. The topological polar surface area (TPSA) is 268 Å². The molecule has 19 heteroatoms. The number of aliphatic hydroxyl groups is 7. The van der Waals surface area contributed by atoms with Gasteiger partial charge in [0.15, 0.2) is 6.29 Å². The number of amides is 1. The zero-order valence-electron chi connectivity index (χ0n) is 24.1. The Balaban J connectivity index is 0.00000552. The first-order valence-electron chi connectivity index (χ1n) is 13.6. The number of carbonyl (C=O) groups is 1. The van der Waals surface area contributed by atoms with Crippen LogP contribution in [0.25, 0.3) is 10.8 Å². The van der Waals surface area contributed by atoms with E-state index in [1.165, 1.54) is 18.2 Å². The van der Waals surface area contributed by atoms with E-state index >= 15 is 0 Å². The molecule has 246 valence electrons. The number of thioether (sulfide) groups is 1. The van der Waals surface area contributed by atoms with Crippen molar-refractivity contribution in [1.82, 2.24) is 5.32 Å². The molecule has 4 rings (SSSR count). The zero-order valence-corrected chi connectivity index (χ0v) is 27.7. The molecule has 0 bridgehead atoms. The second-order valence-electron chi connectivity index (χ2n) is 10.2. The van der Waals surface area contributed by atoms with Crippen LogP contribution in [0.5, 0.6) is 0 Å². The van der Waals surface area contributed by atoms with Gasteiger partial charge in [0, 0.05) is 29.5 Å². The van der Waals surface area contributed by atoms with Gasteiger partial charge < -0.3 is 65.1 Å². The second kappa shape index (κ2) is 16.8. The van der Waals surface area contributed by atoms with Gasteiger partial charge in [-0.15, -0.1) is 11.8 Å². The molecule has 45 heavy (non-hydrogen) atoms. The van der Waals surface area contributed by atoms with Gasteiger partial charge in [-0.3, -0.25) is 4.79 Å². The summed E-state index contributed by atoms with van der Waals surface area (Å²) < 4.78 is 51.1. The van der Waals surface area contributed by atoms with Crippen molar-refractivity contribution in [3.63, 3.8) is 0 Å². The number of nitrogens with one attached hydrogen (secondary N) is 2. The Labute approximate surface area is 284 Å². The average Bonchev–Trinajstić information content (AvgIpc) is 3.00. The second-order valence-corrected chi connectivity index (χ2v) is 12.6. The minimum atomic E-state index is -4.67. The van der Waals surface area contributed by atoms with Gasteiger partial charge in [0.2, 0.25) is 5.91 Å². The number of rotatable bonds is 12. The van der Waals surface area contributed by atoms with Crippen LogP contribution >= 0.6 is 11.8 Å². The number of anilines is 1. The largest absolute Gasteiger partial charge is 1.00 e. The summed E-state index contributed by atoms with van der Waals surface area (Å²) in [5, 5.41) is 77.2. The van der Waals surface area contributed by atoms with Gasteiger partial charge in [-0.1, -0.05) is 24.3 Å². The quantitative estimate of drug-likeness (QED) is 0.0571. The SMILES string of the molecule is O=C(CS[C@@H]1O[C@H](CO)[C@@H](O[C@@H]2O[C@H](CO)[C@@H](O)[C@H](O)[C@H]2O)[C@H](O)[C@H]1O)NCCNc1cccc2c(S(=O)(=O)[O-])cccc12.[Na+]. The van der Waals surface area contributed by atoms with Crippen LogP contribution in [0, 0.1) is 0 Å².